The lowest BCUT2D eigenvalue weighted by atomic mass is 9.95. The van der Waals surface area contributed by atoms with Gasteiger partial charge in [0.05, 0.1) is 23.7 Å². The Morgan fingerprint density at radius 2 is 1.85 bits per heavy atom. The van der Waals surface area contributed by atoms with Gasteiger partial charge in [0.2, 0.25) is 0 Å². The number of hydrogen-bond acceptors (Lipinski definition) is 5. The fourth-order valence-corrected chi connectivity index (χ4v) is 4.13. The first-order chi connectivity index (χ1) is 13.3. The number of nitrogens with one attached hydrogen (secondary N) is 2. The monoisotopic (exact) mass is 357 g/mol. The number of fused-ring (bicyclic) bond motifs is 6. The first-order valence-corrected chi connectivity index (χ1v) is 8.78. The molecule has 27 heavy (non-hydrogen) atoms. The molecule has 3 aliphatic heterocycles. The highest BCUT2D eigenvalue weighted by molar-refractivity contribution is 6.05. The van der Waals surface area contributed by atoms with Gasteiger partial charge in [0.15, 0.2) is 5.76 Å². The van der Waals surface area contributed by atoms with Crippen LogP contribution in [0.5, 0.6) is 5.75 Å². The summed E-state index contributed by atoms with van der Waals surface area (Å²) in [5, 5.41) is 4.83. The van der Waals surface area contributed by atoms with Gasteiger partial charge in [-0.1, -0.05) is 36.4 Å². The number of rotatable bonds is 1. The molecule has 0 bridgehead atoms. The highest BCUT2D eigenvalue weighted by atomic mass is 16.5. The standard InChI is InChI=1S/C21H15N3O3/c25-20-21(14-7-2-3-8-15(14)22-20)24-17(13-6-1-4-9-18(13)27-21)12-16(23-24)19-10-5-11-26-19/h1-12,17,23H,(H,22,25). The van der Waals surface area contributed by atoms with Crippen LogP contribution in [0.3, 0.4) is 0 Å². The van der Waals surface area contributed by atoms with Crippen molar-refractivity contribution in [2.24, 2.45) is 0 Å². The van der Waals surface area contributed by atoms with E-state index < -0.39 is 5.72 Å². The van der Waals surface area contributed by atoms with E-state index in [1.807, 2.05) is 65.7 Å². The number of carbonyl (C=O) groups excluding carboxylic acids is 1. The molecule has 6 nitrogen and oxygen atoms in total. The third-order valence-corrected chi connectivity index (χ3v) is 5.31. The Balaban J connectivity index is 1.58. The summed E-state index contributed by atoms with van der Waals surface area (Å²) in [6.07, 6.45) is 3.70. The minimum absolute atomic E-state index is 0.174. The average molecular weight is 357 g/mol. The average Bonchev–Trinajstić information content (AvgIpc) is 3.41. The van der Waals surface area contributed by atoms with Crippen molar-refractivity contribution in [1.82, 2.24) is 10.4 Å². The summed E-state index contributed by atoms with van der Waals surface area (Å²) in [5.74, 6) is 1.19. The molecule has 0 aliphatic carbocycles. The van der Waals surface area contributed by atoms with Gasteiger partial charge in [-0.15, -0.1) is 0 Å². The first-order valence-electron chi connectivity index (χ1n) is 8.78. The molecule has 1 spiro atoms. The number of hydrogen-bond donors (Lipinski definition) is 2. The highest BCUT2D eigenvalue weighted by Gasteiger charge is 2.60. The fourth-order valence-electron chi connectivity index (χ4n) is 4.13. The maximum absolute atomic E-state index is 13.2. The fraction of sp³-hybridized carbons (Fsp3) is 0.0952. The van der Waals surface area contributed by atoms with Crippen LogP contribution in [0.4, 0.5) is 5.69 Å². The molecule has 1 aromatic heterocycles. The minimum Gasteiger partial charge on any atom is -0.463 e. The summed E-state index contributed by atoms with van der Waals surface area (Å²) in [6.45, 7) is 0. The number of hydrazine groups is 1. The van der Waals surface area contributed by atoms with Crippen molar-refractivity contribution in [3.05, 3.63) is 89.9 Å². The van der Waals surface area contributed by atoms with Gasteiger partial charge < -0.3 is 19.9 Å². The zero-order valence-electron chi connectivity index (χ0n) is 14.2. The molecule has 2 unspecified atom stereocenters. The second kappa shape index (κ2) is 5.02. The summed E-state index contributed by atoms with van der Waals surface area (Å²) in [5.41, 5.74) is 5.41. The Bertz CT molecular complexity index is 1110. The van der Waals surface area contributed by atoms with Crippen LogP contribution in [0.25, 0.3) is 5.70 Å². The summed E-state index contributed by atoms with van der Waals surface area (Å²) in [6, 6.07) is 19.0. The number of ether oxygens (including phenoxy) is 1. The molecule has 132 valence electrons. The van der Waals surface area contributed by atoms with Crippen LogP contribution < -0.4 is 15.5 Å². The van der Waals surface area contributed by atoms with Gasteiger partial charge in [-0.25, -0.2) is 0 Å². The molecular formula is C21H15N3O3. The Morgan fingerprint density at radius 1 is 1.00 bits per heavy atom. The van der Waals surface area contributed by atoms with E-state index in [0.717, 1.165) is 22.5 Å². The van der Waals surface area contributed by atoms with Crippen molar-refractivity contribution >= 4 is 17.3 Å². The third kappa shape index (κ3) is 1.80. The van der Waals surface area contributed by atoms with E-state index in [1.165, 1.54) is 0 Å². The molecule has 4 heterocycles. The number of para-hydroxylation sites is 2. The maximum Gasteiger partial charge on any atom is 0.291 e. The van der Waals surface area contributed by atoms with Crippen LogP contribution in [0.2, 0.25) is 0 Å². The summed E-state index contributed by atoms with van der Waals surface area (Å²) >= 11 is 0. The van der Waals surface area contributed by atoms with Gasteiger partial charge in [-0.2, -0.15) is 5.01 Å². The van der Waals surface area contributed by atoms with Crippen LogP contribution in [0, 0.1) is 0 Å². The molecular weight excluding hydrogens is 342 g/mol. The lowest BCUT2D eigenvalue weighted by molar-refractivity contribution is -0.165. The van der Waals surface area contributed by atoms with E-state index in [0.29, 0.717) is 11.5 Å². The predicted octanol–water partition coefficient (Wildman–Crippen LogP) is 3.38. The molecule has 1 amide bonds. The second-order valence-corrected chi connectivity index (χ2v) is 6.77. The van der Waals surface area contributed by atoms with E-state index in [2.05, 4.69) is 16.8 Å². The summed E-state index contributed by atoms with van der Waals surface area (Å²) in [4.78, 5) is 13.2. The largest absolute Gasteiger partial charge is 0.463 e. The summed E-state index contributed by atoms with van der Waals surface area (Å²) in [7, 11) is 0. The normalized spacial score (nSPS) is 25.1. The van der Waals surface area contributed by atoms with Crippen LogP contribution in [0.15, 0.2) is 77.4 Å². The van der Waals surface area contributed by atoms with Gasteiger partial charge in [0, 0.05) is 11.1 Å². The Morgan fingerprint density at radius 3 is 2.74 bits per heavy atom. The van der Waals surface area contributed by atoms with Gasteiger partial charge in [0.25, 0.3) is 11.6 Å². The molecule has 6 rings (SSSR count). The number of anilines is 1. The number of carbonyl (C=O) groups is 1. The number of nitrogens with zero attached hydrogens (tertiary/aromatic N) is 1. The van der Waals surface area contributed by atoms with Crippen molar-refractivity contribution < 1.29 is 13.9 Å². The first kappa shape index (κ1) is 14.6. The summed E-state index contributed by atoms with van der Waals surface area (Å²) < 4.78 is 11.9. The molecule has 2 atom stereocenters. The molecule has 6 heteroatoms. The van der Waals surface area contributed by atoms with Gasteiger partial charge >= 0.3 is 0 Å². The lowest BCUT2D eigenvalue weighted by Crippen LogP contribution is -2.60. The van der Waals surface area contributed by atoms with Crippen LogP contribution in [0.1, 0.15) is 22.9 Å². The zero-order valence-corrected chi connectivity index (χ0v) is 14.2. The number of benzene rings is 2. The highest BCUT2D eigenvalue weighted by Crippen LogP contribution is 2.52. The minimum atomic E-state index is -1.29. The van der Waals surface area contributed by atoms with Crippen LogP contribution in [-0.4, -0.2) is 10.9 Å². The van der Waals surface area contributed by atoms with E-state index in [9.17, 15) is 4.79 Å². The molecule has 3 aromatic rings. The van der Waals surface area contributed by atoms with Crippen LogP contribution in [-0.2, 0) is 10.5 Å². The van der Waals surface area contributed by atoms with Crippen molar-refractivity contribution in [2.45, 2.75) is 11.8 Å². The van der Waals surface area contributed by atoms with Crippen molar-refractivity contribution in [2.75, 3.05) is 5.32 Å². The molecule has 0 saturated carbocycles. The lowest BCUT2D eigenvalue weighted by Gasteiger charge is -2.44. The number of amides is 1. The SMILES string of the molecule is O=C1Nc2ccccc2C12Oc1ccccc1C1C=C(c3ccco3)NN12. The molecule has 0 saturated heterocycles. The van der Waals surface area contributed by atoms with E-state index in [4.69, 9.17) is 9.15 Å². The van der Waals surface area contributed by atoms with E-state index in [1.54, 1.807) is 6.26 Å². The molecule has 3 aliphatic rings. The van der Waals surface area contributed by atoms with Crippen LogP contribution >= 0.6 is 0 Å². The van der Waals surface area contributed by atoms with E-state index in [-0.39, 0.29) is 11.9 Å². The smallest absolute Gasteiger partial charge is 0.291 e. The molecule has 2 aromatic carbocycles. The second-order valence-electron chi connectivity index (χ2n) is 6.77. The van der Waals surface area contributed by atoms with Gasteiger partial charge in [-0.3, -0.25) is 4.79 Å². The van der Waals surface area contributed by atoms with Gasteiger partial charge in [0.1, 0.15) is 5.75 Å². The quantitative estimate of drug-likeness (QED) is 0.699. The van der Waals surface area contributed by atoms with Gasteiger partial charge in [-0.05, 0) is 30.3 Å². The van der Waals surface area contributed by atoms with Crippen molar-refractivity contribution in [1.29, 1.82) is 0 Å². The van der Waals surface area contributed by atoms with Crippen molar-refractivity contribution in [3.63, 3.8) is 0 Å². The zero-order chi connectivity index (χ0) is 18.0. The third-order valence-electron chi connectivity index (χ3n) is 5.31. The Labute approximate surface area is 155 Å². The Kier molecular flexibility index (Phi) is 2.72. The maximum atomic E-state index is 13.2. The number of furan rings is 1. The Hall–Kier alpha value is -3.51. The topological polar surface area (TPSA) is 66.7 Å². The molecule has 0 radical (unpaired) electrons. The molecule has 0 fully saturated rings. The predicted molar refractivity (Wildman–Crippen MR) is 98.2 cm³/mol. The van der Waals surface area contributed by atoms with E-state index >= 15 is 0 Å². The van der Waals surface area contributed by atoms with Crippen molar-refractivity contribution in [3.8, 4) is 5.75 Å². The molecule has 2 N–H and O–H groups in total.